The third-order valence-electron chi connectivity index (χ3n) is 3.29. The van der Waals surface area contributed by atoms with Gasteiger partial charge < -0.3 is 15.1 Å². The van der Waals surface area contributed by atoms with E-state index in [2.05, 4.69) is 0 Å². The van der Waals surface area contributed by atoms with Gasteiger partial charge in [0.25, 0.3) is 5.91 Å². The normalized spacial score (nSPS) is 20.3. The Hall–Kier alpha value is -1.71. The lowest BCUT2D eigenvalue weighted by Gasteiger charge is -2.33. The number of piperidine rings is 1. The highest BCUT2D eigenvalue weighted by atomic mass is 16.3. The maximum absolute atomic E-state index is 12.2. The van der Waals surface area contributed by atoms with E-state index in [1.54, 1.807) is 6.07 Å². The summed E-state index contributed by atoms with van der Waals surface area (Å²) in [5.41, 5.74) is 0.425. The van der Waals surface area contributed by atoms with Crippen molar-refractivity contribution in [3.63, 3.8) is 0 Å². The van der Waals surface area contributed by atoms with Gasteiger partial charge in [0.15, 0.2) is 11.5 Å². The highest BCUT2D eigenvalue weighted by molar-refractivity contribution is 5.95. The Morgan fingerprint density at radius 1 is 1.29 bits per heavy atom. The number of likely N-dealkylation sites (tertiary alicyclic amines) is 1. The fourth-order valence-corrected chi connectivity index (χ4v) is 2.22. The zero-order valence-electron chi connectivity index (χ0n) is 9.89. The molecule has 0 aliphatic carbocycles. The number of amides is 1. The number of phenols is 2. The van der Waals surface area contributed by atoms with Crippen LogP contribution in [0, 0.1) is 0 Å². The van der Waals surface area contributed by atoms with E-state index in [0.29, 0.717) is 5.56 Å². The minimum Gasteiger partial charge on any atom is -0.504 e. The summed E-state index contributed by atoms with van der Waals surface area (Å²) in [5, 5.41) is 18.6. The molecule has 17 heavy (non-hydrogen) atoms. The summed E-state index contributed by atoms with van der Waals surface area (Å²) in [6, 6.07) is 4.45. The van der Waals surface area contributed by atoms with Crippen LogP contribution in [-0.4, -0.2) is 33.6 Å². The first kappa shape index (κ1) is 11.8. The van der Waals surface area contributed by atoms with Crippen molar-refractivity contribution in [3.05, 3.63) is 23.8 Å². The molecule has 1 saturated heterocycles. The summed E-state index contributed by atoms with van der Waals surface area (Å²) in [6.07, 6.45) is 3.21. The third kappa shape index (κ3) is 2.35. The van der Waals surface area contributed by atoms with Gasteiger partial charge in [0.2, 0.25) is 0 Å². The van der Waals surface area contributed by atoms with Crippen molar-refractivity contribution in [1.29, 1.82) is 0 Å². The molecule has 0 saturated carbocycles. The number of phenolic OH excluding ortho intramolecular Hbond substituents is 2. The predicted molar refractivity (Wildman–Crippen MR) is 64.1 cm³/mol. The Morgan fingerprint density at radius 3 is 2.71 bits per heavy atom. The van der Waals surface area contributed by atoms with Gasteiger partial charge in [-0.25, -0.2) is 0 Å². The van der Waals surface area contributed by atoms with Crippen LogP contribution >= 0.6 is 0 Å². The molecule has 2 rings (SSSR count). The molecule has 1 atom stereocenters. The average Bonchev–Trinajstić information content (AvgIpc) is 2.32. The fraction of sp³-hybridized carbons (Fsp3) is 0.462. The zero-order chi connectivity index (χ0) is 12.4. The number of carbonyl (C=O) groups is 1. The molecule has 2 N–H and O–H groups in total. The molecule has 0 radical (unpaired) electrons. The van der Waals surface area contributed by atoms with Gasteiger partial charge in [-0.15, -0.1) is 0 Å². The molecular weight excluding hydrogens is 218 g/mol. The quantitative estimate of drug-likeness (QED) is 0.733. The lowest BCUT2D eigenvalue weighted by Crippen LogP contribution is -2.41. The molecule has 1 aliphatic rings. The molecule has 1 unspecified atom stereocenters. The molecule has 0 bridgehead atoms. The van der Waals surface area contributed by atoms with Crippen LogP contribution in [0.15, 0.2) is 18.2 Å². The maximum atomic E-state index is 12.2. The number of aromatic hydroxyl groups is 2. The molecule has 1 aliphatic heterocycles. The SMILES string of the molecule is CC1CCCCN1C(=O)c1ccc(O)c(O)c1. The monoisotopic (exact) mass is 235 g/mol. The van der Waals surface area contributed by atoms with Crippen molar-refractivity contribution >= 4 is 5.91 Å². The standard InChI is InChI=1S/C13H17NO3/c1-9-4-2-3-7-14(9)13(17)10-5-6-11(15)12(16)8-10/h5-6,8-9,15-16H,2-4,7H2,1H3. The minimum absolute atomic E-state index is 0.0764. The zero-order valence-corrected chi connectivity index (χ0v) is 9.89. The van der Waals surface area contributed by atoms with Crippen LogP contribution in [0.4, 0.5) is 0 Å². The van der Waals surface area contributed by atoms with Crippen molar-refractivity contribution in [1.82, 2.24) is 4.90 Å². The second-order valence-electron chi connectivity index (χ2n) is 4.55. The average molecular weight is 235 g/mol. The van der Waals surface area contributed by atoms with Crippen molar-refractivity contribution in [2.45, 2.75) is 32.2 Å². The molecule has 92 valence electrons. The second kappa shape index (κ2) is 4.65. The van der Waals surface area contributed by atoms with Crippen LogP contribution in [-0.2, 0) is 0 Å². The Labute approximate surface area is 100 Å². The number of benzene rings is 1. The number of nitrogens with zero attached hydrogens (tertiary/aromatic N) is 1. The molecule has 0 spiro atoms. The Bertz CT molecular complexity index is 431. The third-order valence-corrected chi connectivity index (χ3v) is 3.29. The molecule has 1 fully saturated rings. The van der Waals surface area contributed by atoms with Crippen LogP contribution in [0.5, 0.6) is 11.5 Å². The Balaban J connectivity index is 2.21. The highest BCUT2D eigenvalue weighted by Gasteiger charge is 2.24. The van der Waals surface area contributed by atoms with Gasteiger partial charge in [0.05, 0.1) is 0 Å². The molecule has 4 heteroatoms. The van der Waals surface area contributed by atoms with E-state index >= 15 is 0 Å². The molecule has 0 aromatic heterocycles. The van der Waals surface area contributed by atoms with Gasteiger partial charge in [-0.2, -0.15) is 0 Å². The Morgan fingerprint density at radius 2 is 2.06 bits per heavy atom. The van der Waals surface area contributed by atoms with E-state index in [-0.39, 0.29) is 23.4 Å². The number of carbonyl (C=O) groups excluding carboxylic acids is 1. The summed E-state index contributed by atoms with van der Waals surface area (Å²) in [5.74, 6) is -0.527. The predicted octanol–water partition coefficient (Wildman–Crippen LogP) is 2.11. The number of hydrogen-bond donors (Lipinski definition) is 2. The minimum atomic E-state index is -0.250. The van der Waals surface area contributed by atoms with E-state index in [1.165, 1.54) is 12.1 Å². The summed E-state index contributed by atoms with van der Waals surface area (Å²) in [7, 11) is 0. The van der Waals surface area contributed by atoms with E-state index in [9.17, 15) is 15.0 Å². The first-order valence-electron chi connectivity index (χ1n) is 5.92. The van der Waals surface area contributed by atoms with E-state index in [1.807, 2.05) is 11.8 Å². The van der Waals surface area contributed by atoms with Gasteiger partial charge in [0, 0.05) is 18.2 Å². The van der Waals surface area contributed by atoms with Crippen molar-refractivity contribution in [3.8, 4) is 11.5 Å². The first-order valence-corrected chi connectivity index (χ1v) is 5.92. The van der Waals surface area contributed by atoms with E-state index in [4.69, 9.17) is 0 Å². The molecule has 1 aromatic rings. The number of rotatable bonds is 1. The summed E-state index contributed by atoms with van der Waals surface area (Å²) < 4.78 is 0. The molecule has 1 aromatic carbocycles. The lowest BCUT2D eigenvalue weighted by molar-refractivity contribution is 0.0635. The maximum Gasteiger partial charge on any atom is 0.254 e. The van der Waals surface area contributed by atoms with Crippen LogP contribution in [0.3, 0.4) is 0 Å². The fourth-order valence-electron chi connectivity index (χ4n) is 2.22. The van der Waals surface area contributed by atoms with E-state index < -0.39 is 0 Å². The lowest BCUT2D eigenvalue weighted by atomic mass is 10.0. The van der Waals surface area contributed by atoms with Crippen LogP contribution < -0.4 is 0 Å². The summed E-state index contributed by atoms with van der Waals surface area (Å²) >= 11 is 0. The topological polar surface area (TPSA) is 60.8 Å². The van der Waals surface area contributed by atoms with Gasteiger partial charge in [0.1, 0.15) is 0 Å². The van der Waals surface area contributed by atoms with Crippen LogP contribution in [0.2, 0.25) is 0 Å². The Kier molecular flexibility index (Phi) is 3.22. The summed E-state index contributed by atoms with van der Waals surface area (Å²) in [4.78, 5) is 14.0. The van der Waals surface area contributed by atoms with Gasteiger partial charge in [-0.1, -0.05) is 0 Å². The van der Waals surface area contributed by atoms with Crippen LogP contribution in [0.1, 0.15) is 36.5 Å². The molecule has 1 amide bonds. The van der Waals surface area contributed by atoms with Gasteiger partial charge >= 0.3 is 0 Å². The highest BCUT2D eigenvalue weighted by Crippen LogP contribution is 2.27. The van der Waals surface area contributed by atoms with Crippen LogP contribution in [0.25, 0.3) is 0 Å². The molecule has 1 heterocycles. The van der Waals surface area contributed by atoms with Crippen molar-refractivity contribution < 1.29 is 15.0 Å². The van der Waals surface area contributed by atoms with Gasteiger partial charge in [-0.05, 0) is 44.4 Å². The van der Waals surface area contributed by atoms with E-state index in [0.717, 1.165) is 25.8 Å². The number of hydrogen-bond acceptors (Lipinski definition) is 3. The molecule has 4 nitrogen and oxygen atoms in total. The second-order valence-corrected chi connectivity index (χ2v) is 4.55. The van der Waals surface area contributed by atoms with Crippen molar-refractivity contribution in [2.75, 3.05) is 6.54 Å². The van der Waals surface area contributed by atoms with Gasteiger partial charge in [-0.3, -0.25) is 4.79 Å². The largest absolute Gasteiger partial charge is 0.504 e. The first-order chi connectivity index (χ1) is 8.09. The summed E-state index contributed by atoms with van der Waals surface area (Å²) in [6.45, 7) is 2.80. The smallest absolute Gasteiger partial charge is 0.254 e. The molecular formula is C13H17NO3. The van der Waals surface area contributed by atoms with Crippen molar-refractivity contribution in [2.24, 2.45) is 0 Å².